The van der Waals surface area contributed by atoms with Gasteiger partial charge < -0.3 is 9.47 Å². The lowest BCUT2D eigenvalue weighted by molar-refractivity contribution is -0.142. The van der Waals surface area contributed by atoms with E-state index in [0.29, 0.717) is 12.5 Å². The van der Waals surface area contributed by atoms with Gasteiger partial charge >= 0.3 is 5.97 Å². The van der Waals surface area contributed by atoms with Gasteiger partial charge in [-0.1, -0.05) is 19.8 Å². The number of hydrogen-bond acceptors (Lipinski definition) is 4. The molecule has 1 fully saturated rings. The fourth-order valence-electron chi connectivity index (χ4n) is 2.39. The molecule has 1 unspecified atom stereocenters. The SMILES string of the molecule is CCCCOCCN1CCCCC1CC(=O)OC. The van der Waals surface area contributed by atoms with Gasteiger partial charge in [-0.2, -0.15) is 0 Å². The van der Waals surface area contributed by atoms with Crippen molar-refractivity contribution in [1.82, 2.24) is 4.90 Å². The van der Waals surface area contributed by atoms with Gasteiger partial charge in [-0.15, -0.1) is 0 Å². The number of ether oxygens (including phenoxy) is 2. The first-order valence-electron chi connectivity index (χ1n) is 7.16. The van der Waals surface area contributed by atoms with Crippen molar-refractivity contribution in [1.29, 1.82) is 0 Å². The molecule has 4 nitrogen and oxygen atoms in total. The van der Waals surface area contributed by atoms with Gasteiger partial charge in [0, 0.05) is 19.2 Å². The van der Waals surface area contributed by atoms with E-state index >= 15 is 0 Å². The molecule has 18 heavy (non-hydrogen) atoms. The smallest absolute Gasteiger partial charge is 0.307 e. The molecule has 1 rings (SSSR count). The third-order valence-corrected chi connectivity index (χ3v) is 3.54. The van der Waals surface area contributed by atoms with Gasteiger partial charge in [0.15, 0.2) is 0 Å². The van der Waals surface area contributed by atoms with Crippen LogP contribution < -0.4 is 0 Å². The van der Waals surface area contributed by atoms with Crippen LogP contribution in [0, 0.1) is 0 Å². The highest BCUT2D eigenvalue weighted by molar-refractivity contribution is 5.69. The molecule has 1 heterocycles. The van der Waals surface area contributed by atoms with Crippen molar-refractivity contribution in [2.75, 3.05) is 33.4 Å². The molecular weight excluding hydrogens is 230 g/mol. The van der Waals surface area contributed by atoms with Gasteiger partial charge in [0.05, 0.1) is 20.1 Å². The number of carbonyl (C=O) groups is 1. The minimum absolute atomic E-state index is 0.0983. The number of piperidine rings is 1. The van der Waals surface area contributed by atoms with Crippen molar-refractivity contribution in [3.63, 3.8) is 0 Å². The summed E-state index contributed by atoms with van der Waals surface area (Å²) in [6, 6.07) is 0.348. The van der Waals surface area contributed by atoms with E-state index in [-0.39, 0.29) is 5.97 Å². The minimum Gasteiger partial charge on any atom is -0.469 e. The average Bonchev–Trinajstić information content (AvgIpc) is 2.40. The summed E-state index contributed by atoms with van der Waals surface area (Å²) in [5.74, 6) is -0.0983. The monoisotopic (exact) mass is 257 g/mol. The third-order valence-electron chi connectivity index (χ3n) is 3.54. The molecule has 0 aromatic heterocycles. The summed E-state index contributed by atoms with van der Waals surface area (Å²) in [6.07, 6.45) is 6.37. The van der Waals surface area contributed by atoms with E-state index in [1.54, 1.807) is 0 Å². The van der Waals surface area contributed by atoms with Crippen molar-refractivity contribution < 1.29 is 14.3 Å². The van der Waals surface area contributed by atoms with Crippen molar-refractivity contribution in [3.05, 3.63) is 0 Å². The fourth-order valence-corrected chi connectivity index (χ4v) is 2.39. The van der Waals surface area contributed by atoms with Crippen LogP contribution in [0.4, 0.5) is 0 Å². The maximum atomic E-state index is 11.4. The second-order valence-electron chi connectivity index (χ2n) is 4.93. The molecule has 0 radical (unpaired) electrons. The summed E-state index contributed by atoms with van der Waals surface area (Å²) in [7, 11) is 1.46. The van der Waals surface area contributed by atoms with Crippen LogP contribution in [0.3, 0.4) is 0 Å². The van der Waals surface area contributed by atoms with Gasteiger partial charge in [-0.3, -0.25) is 9.69 Å². The largest absolute Gasteiger partial charge is 0.469 e. The fraction of sp³-hybridized carbons (Fsp3) is 0.929. The Hall–Kier alpha value is -0.610. The normalized spacial score (nSPS) is 20.9. The van der Waals surface area contributed by atoms with Crippen LogP contribution in [0.1, 0.15) is 45.4 Å². The van der Waals surface area contributed by atoms with Crippen LogP contribution in [0.2, 0.25) is 0 Å². The van der Waals surface area contributed by atoms with Crippen LogP contribution >= 0.6 is 0 Å². The standard InChI is InChI=1S/C14H27NO3/c1-3-4-10-18-11-9-15-8-6-5-7-13(15)12-14(16)17-2/h13H,3-12H2,1-2H3. The molecule has 0 bridgehead atoms. The molecule has 4 heteroatoms. The molecule has 0 spiro atoms. The zero-order chi connectivity index (χ0) is 13.2. The van der Waals surface area contributed by atoms with Gasteiger partial charge in [0.1, 0.15) is 0 Å². The Balaban J connectivity index is 2.24. The highest BCUT2D eigenvalue weighted by atomic mass is 16.5. The number of unbranched alkanes of at least 4 members (excludes halogenated alkanes) is 1. The maximum Gasteiger partial charge on any atom is 0.307 e. The molecule has 1 saturated heterocycles. The lowest BCUT2D eigenvalue weighted by atomic mass is 9.99. The molecule has 1 atom stereocenters. The molecule has 0 saturated carbocycles. The van der Waals surface area contributed by atoms with Gasteiger partial charge in [0.2, 0.25) is 0 Å². The Morgan fingerprint density at radius 3 is 2.89 bits per heavy atom. The number of esters is 1. The molecule has 0 aromatic carbocycles. The van der Waals surface area contributed by atoms with E-state index in [1.807, 2.05) is 0 Å². The zero-order valence-corrected chi connectivity index (χ0v) is 11.8. The van der Waals surface area contributed by atoms with E-state index in [4.69, 9.17) is 9.47 Å². The summed E-state index contributed by atoms with van der Waals surface area (Å²) >= 11 is 0. The van der Waals surface area contributed by atoms with Crippen molar-refractivity contribution >= 4 is 5.97 Å². The van der Waals surface area contributed by atoms with Crippen molar-refractivity contribution in [2.45, 2.75) is 51.5 Å². The Kier molecular flexibility index (Phi) is 8.01. The Bertz CT molecular complexity index is 233. The molecule has 106 valence electrons. The first-order chi connectivity index (χ1) is 8.77. The van der Waals surface area contributed by atoms with Gasteiger partial charge in [-0.05, 0) is 25.8 Å². The molecule has 0 amide bonds. The van der Waals surface area contributed by atoms with Crippen LogP contribution in [-0.4, -0.2) is 50.3 Å². The Labute approximate surface area is 111 Å². The molecule has 0 aromatic rings. The predicted molar refractivity (Wildman–Crippen MR) is 71.6 cm³/mol. The first kappa shape index (κ1) is 15.4. The quantitative estimate of drug-likeness (QED) is 0.494. The van der Waals surface area contributed by atoms with Crippen LogP contribution in [0.15, 0.2) is 0 Å². The number of likely N-dealkylation sites (tertiary alicyclic amines) is 1. The number of hydrogen-bond donors (Lipinski definition) is 0. The lowest BCUT2D eigenvalue weighted by Crippen LogP contribution is -2.42. The minimum atomic E-state index is -0.0983. The first-order valence-corrected chi connectivity index (χ1v) is 7.16. The van der Waals surface area contributed by atoms with E-state index in [1.165, 1.54) is 26.4 Å². The maximum absolute atomic E-state index is 11.4. The number of rotatable bonds is 8. The van der Waals surface area contributed by atoms with E-state index in [9.17, 15) is 4.79 Å². The molecular formula is C14H27NO3. The van der Waals surface area contributed by atoms with Crippen LogP contribution in [0.25, 0.3) is 0 Å². The summed E-state index contributed by atoms with van der Waals surface area (Å²) in [6.45, 7) is 5.81. The van der Waals surface area contributed by atoms with E-state index < -0.39 is 0 Å². The zero-order valence-electron chi connectivity index (χ0n) is 11.8. The number of methoxy groups -OCH3 is 1. The summed E-state index contributed by atoms with van der Waals surface area (Å²) < 4.78 is 10.4. The lowest BCUT2D eigenvalue weighted by Gasteiger charge is -2.35. The molecule has 0 N–H and O–H groups in total. The molecule has 1 aliphatic rings. The Morgan fingerprint density at radius 1 is 1.33 bits per heavy atom. The molecule has 1 aliphatic heterocycles. The van der Waals surface area contributed by atoms with Crippen LogP contribution in [-0.2, 0) is 14.3 Å². The summed E-state index contributed by atoms with van der Waals surface area (Å²) in [4.78, 5) is 13.7. The van der Waals surface area contributed by atoms with Crippen molar-refractivity contribution in [3.8, 4) is 0 Å². The highest BCUT2D eigenvalue weighted by Gasteiger charge is 2.24. The van der Waals surface area contributed by atoms with Crippen LogP contribution in [0.5, 0.6) is 0 Å². The summed E-state index contributed by atoms with van der Waals surface area (Å²) in [5.41, 5.74) is 0. The number of carbonyl (C=O) groups excluding carboxylic acids is 1. The van der Waals surface area contributed by atoms with E-state index in [0.717, 1.165) is 39.1 Å². The van der Waals surface area contributed by atoms with Gasteiger partial charge in [-0.25, -0.2) is 0 Å². The topological polar surface area (TPSA) is 38.8 Å². The third kappa shape index (κ3) is 5.83. The predicted octanol–water partition coefficient (Wildman–Crippen LogP) is 2.22. The highest BCUT2D eigenvalue weighted by Crippen LogP contribution is 2.19. The second-order valence-corrected chi connectivity index (χ2v) is 4.93. The second kappa shape index (κ2) is 9.34. The average molecular weight is 257 g/mol. The summed E-state index contributed by atoms with van der Waals surface area (Å²) in [5, 5.41) is 0. The number of nitrogens with zero attached hydrogens (tertiary/aromatic N) is 1. The molecule has 0 aliphatic carbocycles. The van der Waals surface area contributed by atoms with E-state index in [2.05, 4.69) is 11.8 Å². The van der Waals surface area contributed by atoms with Crippen molar-refractivity contribution in [2.24, 2.45) is 0 Å². The van der Waals surface area contributed by atoms with Gasteiger partial charge in [0.25, 0.3) is 0 Å². The Morgan fingerprint density at radius 2 is 2.17 bits per heavy atom.